The molecule has 62 valence electrons. The van der Waals surface area contributed by atoms with Gasteiger partial charge in [-0.3, -0.25) is 0 Å². The second kappa shape index (κ2) is 3.03. The lowest BCUT2D eigenvalue weighted by Gasteiger charge is -2.25. The van der Waals surface area contributed by atoms with Crippen LogP contribution in [0.4, 0.5) is 8.78 Å². The average Bonchev–Trinajstić information content (AvgIpc) is 1.85. The lowest BCUT2D eigenvalue weighted by molar-refractivity contribution is 0.00334. The predicted octanol–water partition coefficient (Wildman–Crippen LogP) is 2.37. The Kier molecular flexibility index (Phi) is 2.27. The summed E-state index contributed by atoms with van der Waals surface area (Å²) in [5, 5.41) is 0. The molecule has 1 rings (SSSR count). The van der Waals surface area contributed by atoms with E-state index in [2.05, 4.69) is 0 Å². The molecule has 1 aliphatic rings. The zero-order valence-electron chi connectivity index (χ0n) is 6.64. The molecule has 0 amide bonds. The van der Waals surface area contributed by atoms with E-state index in [-0.39, 0.29) is 0 Å². The lowest BCUT2D eigenvalue weighted by Crippen LogP contribution is -2.29. The fraction of sp³-hybridized carbons (Fsp3) is 0.500. The van der Waals surface area contributed by atoms with E-state index >= 15 is 0 Å². The molecule has 0 N–H and O–H groups in total. The van der Waals surface area contributed by atoms with Crippen molar-refractivity contribution in [1.29, 1.82) is 0 Å². The van der Waals surface area contributed by atoms with Gasteiger partial charge in [-0.25, -0.2) is 0 Å². The van der Waals surface area contributed by atoms with Crippen LogP contribution in [0.15, 0.2) is 23.4 Å². The zero-order valence-corrected chi connectivity index (χ0v) is 6.64. The van der Waals surface area contributed by atoms with Crippen LogP contribution >= 0.6 is 0 Å². The third kappa shape index (κ3) is 1.79. The van der Waals surface area contributed by atoms with Gasteiger partial charge in [-0.15, -0.1) is 0 Å². The van der Waals surface area contributed by atoms with Crippen LogP contribution < -0.4 is 0 Å². The van der Waals surface area contributed by atoms with Crippen molar-refractivity contribution < 1.29 is 8.78 Å². The Hall–Kier alpha value is -0.860. The van der Waals surface area contributed by atoms with Crippen molar-refractivity contribution in [3.05, 3.63) is 23.4 Å². The number of allylic oxidation sites excluding steroid dienone is 3. The van der Waals surface area contributed by atoms with Crippen molar-refractivity contribution in [1.82, 2.24) is 4.90 Å². The van der Waals surface area contributed by atoms with Crippen LogP contribution in [0.1, 0.15) is 13.8 Å². The maximum Gasteiger partial charge on any atom is 0.315 e. The highest BCUT2D eigenvalue weighted by molar-refractivity contribution is 5.24. The van der Waals surface area contributed by atoms with Crippen LogP contribution in [0.3, 0.4) is 0 Å². The first-order valence-electron chi connectivity index (χ1n) is 3.51. The van der Waals surface area contributed by atoms with Gasteiger partial charge in [0, 0.05) is 12.2 Å². The van der Waals surface area contributed by atoms with Gasteiger partial charge in [0.25, 0.3) is 0 Å². The highest BCUT2D eigenvalue weighted by Crippen LogP contribution is 2.17. The van der Waals surface area contributed by atoms with Crippen molar-refractivity contribution in [2.45, 2.75) is 20.4 Å². The van der Waals surface area contributed by atoms with Gasteiger partial charge in [0.05, 0.1) is 0 Å². The average molecular weight is 159 g/mol. The molecule has 0 radical (unpaired) electrons. The first kappa shape index (κ1) is 8.24. The van der Waals surface area contributed by atoms with E-state index in [9.17, 15) is 8.78 Å². The Bertz CT molecular complexity index is 206. The molecule has 11 heavy (non-hydrogen) atoms. The molecule has 0 fully saturated rings. The number of rotatable bonds is 1. The van der Waals surface area contributed by atoms with Crippen LogP contribution in [-0.2, 0) is 0 Å². The first-order valence-corrected chi connectivity index (χ1v) is 3.51. The van der Waals surface area contributed by atoms with Crippen LogP contribution in [0.2, 0.25) is 0 Å². The summed E-state index contributed by atoms with van der Waals surface area (Å²) in [6.45, 7) is 1.55. The molecule has 0 aromatic heterocycles. The Labute approximate surface area is 65.0 Å². The number of halogens is 2. The predicted molar refractivity (Wildman–Crippen MR) is 40.2 cm³/mol. The van der Waals surface area contributed by atoms with Gasteiger partial charge < -0.3 is 4.90 Å². The molecular weight excluding hydrogens is 148 g/mol. The second-order valence-electron chi connectivity index (χ2n) is 2.66. The number of hydrogen-bond donors (Lipinski definition) is 0. The van der Waals surface area contributed by atoms with Gasteiger partial charge in [-0.2, -0.15) is 8.78 Å². The van der Waals surface area contributed by atoms with E-state index in [1.54, 1.807) is 19.1 Å². The standard InChI is InChI=1S/C8H11F2N/c1-6-3-4-11(8(9)10)7(2)5-6/h3,5,8H,4H2,1-2H3. The summed E-state index contributed by atoms with van der Waals surface area (Å²) in [6.07, 6.45) is 3.55. The quantitative estimate of drug-likeness (QED) is 0.531. The summed E-state index contributed by atoms with van der Waals surface area (Å²) in [4.78, 5) is 1.06. The second-order valence-corrected chi connectivity index (χ2v) is 2.66. The molecule has 1 heterocycles. The molecule has 0 aromatic rings. The Morgan fingerprint density at radius 3 is 2.55 bits per heavy atom. The molecule has 0 bridgehead atoms. The molecule has 0 saturated heterocycles. The van der Waals surface area contributed by atoms with Gasteiger partial charge in [-0.1, -0.05) is 11.6 Å². The van der Waals surface area contributed by atoms with Gasteiger partial charge >= 0.3 is 6.55 Å². The maximum atomic E-state index is 12.2. The molecule has 0 saturated carbocycles. The zero-order chi connectivity index (χ0) is 8.43. The van der Waals surface area contributed by atoms with E-state index in [0.717, 1.165) is 10.5 Å². The summed E-state index contributed by atoms with van der Waals surface area (Å²) < 4.78 is 24.3. The lowest BCUT2D eigenvalue weighted by atomic mass is 10.2. The third-order valence-corrected chi connectivity index (χ3v) is 1.74. The van der Waals surface area contributed by atoms with E-state index in [4.69, 9.17) is 0 Å². The van der Waals surface area contributed by atoms with Gasteiger partial charge in [0.1, 0.15) is 0 Å². The van der Waals surface area contributed by atoms with Crippen molar-refractivity contribution in [2.24, 2.45) is 0 Å². The van der Waals surface area contributed by atoms with Crippen LogP contribution in [0.5, 0.6) is 0 Å². The third-order valence-electron chi connectivity index (χ3n) is 1.74. The molecule has 0 atom stereocenters. The summed E-state index contributed by atoms with van der Waals surface area (Å²) in [6, 6.07) is 0. The van der Waals surface area contributed by atoms with Crippen molar-refractivity contribution in [3.63, 3.8) is 0 Å². The molecular formula is C8H11F2N. The highest BCUT2D eigenvalue weighted by Gasteiger charge is 2.16. The number of alkyl halides is 2. The molecule has 0 spiro atoms. The Morgan fingerprint density at radius 1 is 1.45 bits per heavy atom. The Morgan fingerprint density at radius 2 is 2.09 bits per heavy atom. The van der Waals surface area contributed by atoms with E-state index in [1.165, 1.54) is 0 Å². The number of nitrogens with zero attached hydrogens (tertiary/aromatic N) is 1. The van der Waals surface area contributed by atoms with Crippen molar-refractivity contribution in [2.75, 3.05) is 6.54 Å². The van der Waals surface area contributed by atoms with E-state index < -0.39 is 6.55 Å². The highest BCUT2D eigenvalue weighted by atomic mass is 19.3. The summed E-state index contributed by atoms with van der Waals surface area (Å²) >= 11 is 0. The number of hydrogen-bond acceptors (Lipinski definition) is 1. The van der Waals surface area contributed by atoms with Crippen molar-refractivity contribution >= 4 is 0 Å². The molecule has 0 aliphatic carbocycles. The van der Waals surface area contributed by atoms with E-state index in [0.29, 0.717) is 12.2 Å². The normalized spacial score (nSPS) is 18.5. The van der Waals surface area contributed by atoms with Crippen LogP contribution in [0.25, 0.3) is 0 Å². The minimum atomic E-state index is -2.38. The molecule has 3 heteroatoms. The van der Waals surface area contributed by atoms with E-state index in [1.807, 2.05) is 6.92 Å². The van der Waals surface area contributed by atoms with Gasteiger partial charge in [0.15, 0.2) is 0 Å². The van der Waals surface area contributed by atoms with Crippen LogP contribution in [0, 0.1) is 0 Å². The molecule has 1 nitrogen and oxygen atoms in total. The first-order chi connectivity index (χ1) is 5.11. The summed E-state index contributed by atoms with van der Waals surface area (Å²) in [5.74, 6) is 0. The smallest absolute Gasteiger partial charge is 0.315 e. The minimum Gasteiger partial charge on any atom is -0.316 e. The fourth-order valence-electron chi connectivity index (χ4n) is 1.09. The largest absolute Gasteiger partial charge is 0.316 e. The summed E-state index contributed by atoms with van der Waals surface area (Å²) in [5.41, 5.74) is 1.69. The van der Waals surface area contributed by atoms with Crippen molar-refractivity contribution in [3.8, 4) is 0 Å². The Balaban J connectivity index is 2.72. The molecule has 0 unspecified atom stereocenters. The van der Waals surface area contributed by atoms with Gasteiger partial charge in [0.2, 0.25) is 0 Å². The molecule has 1 aliphatic heterocycles. The maximum absolute atomic E-state index is 12.2. The fourth-order valence-corrected chi connectivity index (χ4v) is 1.09. The summed E-state index contributed by atoms with van der Waals surface area (Å²) in [7, 11) is 0. The SMILES string of the molecule is CC1=CCN(C(F)F)C(C)=C1. The van der Waals surface area contributed by atoms with Crippen LogP contribution in [-0.4, -0.2) is 18.0 Å². The minimum absolute atomic E-state index is 0.325. The monoisotopic (exact) mass is 159 g/mol. The molecule has 0 aromatic carbocycles. The topological polar surface area (TPSA) is 3.24 Å². The van der Waals surface area contributed by atoms with Gasteiger partial charge in [-0.05, 0) is 19.9 Å².